The Morgan fingerprint density at radius 3 is 1.59 bits per heavy atom. The summed E-state index contributed by atoms with van der Waals surface area (Å²) in [7, 11) is 0. The van der Waals surface area contributed by atoms with Crippen LogP contribution in [0, 0.1) is 0 Å². The normalized spacial score (nSPS) is 11.2. The molecule has 0 fully saturated rings. The average Bonchev–Trinajstić information content (AvgIpc) is 3.21. The first-order valence-corrected chi connectivity index (χ1v) is 11.7. The van der Waals surface area contributed by atoms with Gasteiger partial charge in [-0.25, -0.2) is 4.98 Å². The van der Waals surface area contributed by atoms with E-state index in [9.17, 15) is 5.11 Å². The molecule has 1 aromatic heterocycles. The zero-order valence-electron chi connectivity index (χ0n) is 18.0. The van der Waals surface area contributed by atoms with Crippen LogP contribution in [-0.4, -0.2) is 34.5 Å². The molecule has 1 N–H and O–H groups in total. The van der Waals surface area contributed by atoms with Crippen LogP contribution in [0.1, 0.15) is 110 Å². The summed E-state index contributed by atoms with van der Waals surface area (Å²) in [6, 6.07) is 0. The van der Waals surface area contributed by atoms with E-state index >= 15 is 0 Å². The third-order valence-corrected chi connectivity index (χ3v) is 5.44. The number of aromatic nitrogens is 2. The van der Waals surface area contributed by atoms with Crippen LogP contribution in [0.2, 0.25) is 0 Å². The molecule has 0 aromatic carbocycles. The molecule has 0 saturated carbocycles. The molecule has 1 rings (SSSR count). The van der Waals surface area contributed by atoms with Crippen LogP contribution >= 0.6 is 0 Å². The predicted octanol–water partition coefficient (Wildman–Crippen LogP) is 6.07. The lowest BCUT2D eigenvalue weighted by Crippen LogP contribution is -2.37. The summed E-state index contributed by atoms with van der Waals surface area (Å²) >= 11 is 0. The van der Waals surface area contributed by atoms with Crippen LogP contribution in [0.15, 0.2) is 18.7 Å². The van der Waals surface area contributed by atoms with Crippen LogP contribution in [0.25, 0.3) is 0 Å². The van der Waals surface area contributed by atoms with Crippen molar-refractivity contribution < 1.29 is 5.11 Å². The van der Waals surface area contributed by atoms with Gasteiger partial charge in [0, 0.05) is 18.9 Å². The van der Waals surface area contributed by atoms with Gasteiger partial charge in [-0.3, -0.25) is 4.68 Å². The van der Waals surface area contributed by atoms with E-state index in [-0.39, 0.29) is 6.61 Å². The lowest BCUT2D eigenvalue weighted by atomic mass is 10.0. The zero-order valence-corrected chi connectivity index (χ0v) is 18.0. The van der Waals surface area contributed by atoms with Gasteiger partial charge >= 0.3 is 0 Å². The van der Waals surface area contributed by atoms with Gasteiger partial charge in [-0.05, 0) is 6.42 Å². The molecule has 4 nitrogen and oxygen atoms in total. The maximum Gasteiger partial charge on any atom is 0.114 e. The van der Waals surface area contributed by atoms with Gasteiger partial charge in [0.05, 0.1) is 13.2 Å². The SMILES string of the molecule is CCCCCCCCCCCCCCCCCCN(CCO)n1ccnc1. The molecule has 4 heteroatoms. The summed E-state index contributed by atoms with van der Waals surface area (Å²) < 4.78 is 1.99. The number of rotatable bonds is 20. The lowest BCUT2D eigenvalue weighted by Gasteiger charge is -2.24. The van der Waals surface area contributed by atoms with Gasteiger partial charge in [0.1, 0.15) is 6.33 Å². The first-order valence-electron chi connectivity index (χ1n) is 11.7. The first kappa shape index (κ1) is 24.0. The topological polar surface area (TPSA) is 41.3 Å². The second kappa shape index (κ2) is 18.3. The zero-order chi connectivity index (χ0) is 19.4. The minimum absolute atomic E-state index is 0.192. The van der Waals surface area contributed by atoms with Gasteiger partial charge in [0.2, 0.25) is 0 Å². The highest BCUT2D eigenvalue weighted by Gasteiger charge is 2.03. The van der Waals surface area contributed by atoms with Crippen molar-refractivity contribution in [3.8, 4) is 0 Å². The van der Waals surface area contributed by atoms with Crippen molar-refractivity contribution in [2.75, 3.05) is 24.7 Å². The first-order chi connectivity index (χ1) is 13.4. The third-order valence-electron chi connectivity index (χ3n) is 5.44. The molecule has 1 aromatic rings. The molecule has 27 heavy (non-hydrogen) atoms. The van der Waals surface area contributed by atoms with E-state index < -0.39 is 0 Å². The monoisotopic (exact) mass is 379 g/mol. The lowest BCUT2D eigenvalue weighted by molar-refractivity contribution is 0.290. The summed E-state index contributed by atoms with van der Waals surface area (Å²) in [5, 5.41) is 11.4. The molecule has 0 aliphatic heterocycles. The highest BCUT2D eigenvalue weighted by molar-refractivity contribution is 4.88. The standard InChI is InChI=1S/C23H45N3O/c1-2-3-4-5-6-7-8-9-10-11-12-13-14-15-16-17-19-25(21-22-27)26-20-18-24-23-26/h18,20,23,27H,2-17,19,21-22H2,1H3. The number of hydrogen-bond donors (Lipinski definition) is 1. The van der Waals surface area contributed by atoms with Gasteiger partial charge in [0.25, 0.3) is 0 Å². The quantitative estimate of drug-likeness (QED) is 0.279. The van der Waals surface area contributed by atoms with Crippen molar-refractivity contribution in [2.45, 2.75) is 110 Å². The molecule has 0 aliphatic rings. The number of aliphatic hydroxyl groups excluding tert-OH is 1. The Bertz CT molecular complexity index is 394. The molecule has 0 amide bonds. The summed E-state index contributed by atoms with van der Waals surface area (Å²) in [4.78, 5) is 4.09. The summed E-state index contributed by atoms with van der Waals surface area (Å²) in [6.45, 7) is 4.15. The van der Waals surface area contributed by atoms with Crippen molar-refractivity contribution in [1.29, 1.82) is 0 Å². The number of nitrogens with zero attached hydrogens (tertiary/aromatic N) is 3. The van der Waals surface area contributed by atoms with Gasteiger partial charge < -0.3 is 10.1 Å². The third kappa shape index (κ3) is 13.7. The van der Waals surface area contributed by atoms with Crippen molar-refractivity contribution in [2.24, 2.45) is 0 Å². The van der Waals surface area contributed by atoms with Crippen LogP contribution in [0.5, 0.6) is 0 Å². The molecule has 0 radical (unpaired) electrons. The fourth-order valence-electron chi connectivity index (χ4n) is 3.72. The molecule has 0 spiro atoms. The minimum atomic E-state index is 0.192. The average molecular weight is 380 g/mol. The molecule has 0 atom stereocenters. The predicted molar refractivity (Wildman–Crippen MR) is 117 cm³/mol. The van der Waals surface area contributed by atoms with Crippen molar-refractivity contribution in [3.05, 3.63) is 18.7 Å². The molecular formula is C23H45N3O. The van der Waals surface area contributed by atoms with E-state index in [0.717, 1.165) is 6.54 Å². The minimum Gasteiger partial charge on any atom is -0.394 e. The van der Waals surface area contributed by atoms with Gasteiger partial charge in [-0.1, -0.05) is 103 Å². The second-order valence-corrected chi connectivity index (χ2v) is 7.92. The van der Waals surface area contributed by atoms with Crippen LogP contribution < -0.4 is 5.01 Å². The number of aliphatic hydroxyl groups is 1. The summed E-state index contributed by atoms with van der Waals surface area (Å²) in [5.74, 6) is 0. The molecule has 1 heterocycles. The van der Waals surface area contributed by atoms with Crippen molar-refractivity contribution in [3.63, 3.8) is 0 Å². The molecule has 0 bridgehead atoms. The highest BCUT2D eigenvalue weighted by atomic mass is 16.3. The van der Waals surface area contributed by atoms with E-state index in [2.05, 4.69) is 16.9 Å². The van der Waals surface area contributed by atoms with E-state index in [4.69, 9.17) is 0 Å². The Balaban J connectivity index is 1.81. The van der Waals surface area contributed by atoms with Gasteiger partial charge in [-0.2, -0.15) is 0 Å². The summed E-state index contributed by atoms with van der Waals surface area (Å²) in [5.41, 5.74) is 0. The van der Waals surface area contributed by atoms with Crippen molar-refractivity contribution in [1.82, 2.24) is 9.66 Å². The second-order valence-electron chi connectivity index (χ2n) is 7.92. The van der Waals surface area contributed by atoms with E-state index in [1.165, 1.54) is 103 Å². The maximum absolute atomic E-state index is 9.20. The Labute approximate surface area is 168 Å². The molecular weight excluding hydrogens is 334 g/mol. The molecule has 0 saturated heterocycles. The van der Waals surface area contributed by atoms with Crippen LogP contribution in [0.3, 0.4) is 0 Å². The van der Waals surface area contributed by atoms with E-state index in [1.807, 2.05) is 17.2 Å². The van der Waals surface area contributed by atoms with Gasteiger partial charge in [-0.15, -0.1) is 0 Å². The number of unbranched alkanes of at least 4 members (excludes halogenated alkanes) is 15. The molecule has 0 unspecified atom stereocenters. The van der Waals surface area contributed by atoms with Crippen LogP contribution in [0.4, 0.5) is 0 Å². The van der Waals surface area contributed by atoms with Crippen molar-refractivity contribution >= 4 is 0 Å². The van der Waals surface area contributed by atoms with Gasteiger partial charge in [0.15, 0.2) is 0 Å². The maximum atomic E-state index is 9.20. The molecule has 0 aliphatic carbocycles. The Hall–Kier alpha value is -1.03. The molecule has 158 valence electrons. The fourth-order valence-corrected chi connectivity index (χ4v) is 3.72. The number of hydrogen-bond acceptors (Lipinski definition) is 3. The summed E-state index contributed by atoms with van der Waals surface area (Å²) in [6.07, 6.45) is 27.9. The number of imidazole rings is 1. The van der Waals surface area contributed by atoms with Crippen LogP contribution in [-0.2, 0) is 0 Å². The Morgan fingerprint density at radius 1 is 0.704 bits per heavy atom. The highest BCUT2D eigenvalue weighted by Crippen LogP contribution is 2.13. The Morgan fingerprint density at radius 2 is 1.19 bits per heavy atom. The van der Waals surface area contributed by atoms with E-state index in [1.54, 1.807) is 6.20 Å². The van der Waals surface area contributed by atoms with E-state index in [0.29, 0.717) is 6.54 Å². The largest absolute Gasteiger partial charge is 0.394 e. The Kier molecular flexibility index (Phi) is 16.3. The fraction of sp³-hybridized carbons (Fsp3) is 0.870. The smallest absolute Gasteiger partial charge is 0.114 e.